The topological polar surface area (TPSA) is 78.3 Å². The molecule has 0 radical (unpaired) electrons. The first-order chi connectivity index (χ1) is 13.6. The molecule has 0 atom stereocenters. The zero-order valence-corrected chi connectivity index (χ0v) is 16.0. The van der Waals surface area contributed by atoms with E-state index in [0.29, 0.717) is 18.0 Å². The lowest BCUT2D eigenvalue weighted by Gasteiger charge is -2.07. The predicted octanol–water partition coefficient (Wildman–Crippen LogP) is 2.83. The first kappa shape index (κ1) is 19.2. The van der Waals surface area contributed by atoms with Gasteiger partial charge in [-0.1, -0.05) is 6.07 Å². The van der Waals surface area contributed by atoms with Gasteiger partial charge in [-0.15, -0.1) is 0 Å². The fourth-order valence-corrected chi connectivity index (χ4v) is 2.70. The monoisotopic (exact) mass is 378 g/mol. The van der Waals surface area contributed by atoms with Gasteiger partial charge in [-0.2, -0.15) is 5.10 Å². The lowest BCUT2D eigenvalue weighted by Crippen LogP contribution is -2.21. The normalized spacial score (nSPS) is 10.8. The highest BCUT2D eigenvalue weighted by atomic mass is 16.5. The van der Waals surface area contributed by atoms with Crippen molar-refractivity contribution >= 4 is 12.0 Å². The van der Waals surface area contributed by atoms with Crippen molar-refractivity contribution in [1.82, 2.24) is 20.1 Å². The van der Waals surface area contributed by atoms with Crippen molar-refractivity contribution in [1.29, 1.82) is 0 Å². The summed E-state index contributed by atoms with van der Waals surface area (Å²) < 4.78 is 12.2. The standard InChI is InChI=1S/C21H22N4O3/c1-25-17(13-18(24-25)16-8-10-22-11-9-16)14-23-21(26)7-5-15-4-6-19(27-2)20(12-15)28-3/h4-13H,14H2,1-3H3,(H,23,26)/b7-5+. The molecule has 0 unspecified atom stereocenters. The Morgan fingerprint density at radius 2 is 1.86 bits per heavy atom. The van der Waals surface area contributed by atoms with Crippen LogP contribution in [0.1, 0.15) is 11.3 Å². The fourth-order valence-electron chi connectivity index (χ4n) is 2.70. The number of ether oxygens (including phenoxy) is 2. The SMILES string of the molecule is COc1ccc(/C=C/C(=O)NCc2cc(-c3ccncc3)nn2C)cc1OC. The van der Waals surface area contributed by atoms with E-state index in [-0.39, 0.29) is 5.91 Å². The smallest absolute Gasteiger partial charge is 0.244 e. The molecule has 0 saturated carbocycles. The number of amides is 1. The predicted molar refractivity (Wildman–Crippen MR) is 107 cm³/mol. The Morgan fingerprint density at radius 3 is 2.57 bits per heavy atom. The van der Waals surface area contributed by atoms with Gasteiger partial charge >= 0.3 is 0 Å². The summed E-state index contributed by atoms with van der Waals surface area (Å²) in [5.41, 5.74) is 3.57. The fraction of sp³-hybridized carbons (Fsp3) is 0.190. The summed E-state index contributed by atoms with van der Waals surface area (Å²) in [6.45, 7) is 0.379. The average Bonchev–Trinajstić information content (AvgIpc) is 3.11. The number of carbonyl (C=O) groups excluding carboxylic acids is 1. The van der Waals surface area contributed by atoms with Gasteiger partial charge in [-0.05, 0) is 42.0 Å². The Morgan fingerprint density at radius 1 is 1.11 bits per heavy atom. The molecular formula is C21H22N4O3. The van der Waals surface area contributed by atoms with Crippen LogP contribution in [0.2, 0.25) is 0 Å². The number of benzene rings is 1. The molecule has 0 aliphatic carbocycles. The van der Waals surface area contributed by atoms with E-state index in [9.17, 15) is 4.79 Å². The quantitative estimate of drug-likeness (QED) is 0.640. The van der Waals surface area contributed by atoms with Crippen LogP contribution in [-0.4, -0.2) is 34.9 Å². The van der Waals surface area contributed by atoms with Crippen molar-refractivity contribution in [3.63, 3.8) is 0 Å². The number of aromatic nitrogens is 3. The minimum absolute atomic E-state index is 0.193. The number of nitrogens with zero attached hydrogens (tertiary/aromatic N) is 3. The Balaban J connectivity index is 1.62. The van der Waals surface area contributed by atoms with Gasteiger partial charge in [0.2, 0.25) is 5.91 Å². The molecule has 144 valence electrons. The largest absolute Gasteiger partial charge is 0.493 e. The maximum absolute atomic E-state index is 12.2. The van der Waals surface area contributed by atoms with Crippen LogP contribution in [0.15, 0.2) is 54.9 Å². The van der Waals surface area contributed by atoms with Crippen LogP contribution in [0.3, 0.4) is 0 Å². The van der Waals surface area contributed by atoms with Crippen molar-refractivity contribution in [3.05, 3.63) is 66.1 Å². The lowest BCUT2D eigenvalue weighted by atomic mass is 10.2. The highest BCUT2D eigenvalue weighted by Crippen LogP contribution is 2.27. The second-order valence-electron chi connectivity index (χ2n) is 6.05. The number of nitrogens with one attached hydrogen (secondary N) is 1. The van der Waals surface area contributed by atoms with Gasteiger partial charge in [0.05, 0.1) is 32.2 Å². The van der Waals surface area contributed by atoms with Crippen LogP contribution in [0.5, 0.6) is 11.5 Å². The number of carbonyl (C=O) groups is 1. The molecule has 0 fully saturated rings. The molecule has 1 amide bonds. The van der Waals surface area contributed by atoms with Crippen molar-refractivity contribution in [3.8, 4) is 22.8 Å². The molecule has 7 nitrogen and oxygen atoms in total. The third-order valence-corrected chi connectivity index (χ3v) is 4.23. The molecule has 2 heterocycles. The van der Waals surface area contributed by atoms with E-state index in [1.165, 1.54) is 6.08 Å². The molecule has 0 spiro atoms. The summed E-state index contributed by atoms with van der Waals surface area (Å²) in [5.74, 6) is 1.07. The molecule has 28 heavy (non-hydrogen) atoms. The maximum atomic E-state index is 12.2. The Labute approximate surface area is 163 Å². The highest BCUT2D eigenvalue weighted by molar-refractivity contribution is 5.91. The van der Waals surface area contributed by atoms with Gasteiger partial charge in [-0.3, -0.25) is 14.5 Å². The van der Waals surface area contributed by atoms with Gasteiger partial charge < -0.3 is 14.8 Å². The zero-order valence-electron chi connectivity index (χ0n) is 16.0. The first-order valence-corrected chi connectivity index (χ1v) is 8.72. The van der Waals surface area contributed by atoms with Crippen LogP contribution in [0.4, 0.5) is 0 Å². The van der Waals surface area contributed by atoms with Crippen LogP contribution in [-0.2, 0) is 18.4 Å². The lowest BCUT2D eigenvalue weighted by molar-refractivity contribution is -0.116. The van der Waals surface area contributed by atoms with Crippen molar-refractivity contribution in [2.75, 3.05) is 14.2 Å². The van der Waals surface area contributed by atoms with Gasteiger partial charge in [0.15, 0.2) is 11.5 Å². The van der Waals surface area contributed by atoms with E-state index in [1.54, 1.807) is 43.4 Å². The first-order valence-electron chi connectivity index (χ1n) is 8.72. The summed E-state index contributed by atoms with van der Waals surface area (Å²) >= 11 is 0. The summed E-state index contributed by atoms with van der Waals surface area (Å²) in [4.78, 5) is 16.2. The second-order valence-corrected chi connectivity index (χ2v) is 6.05. The van der Waals surface area contributed by atoms with Crippen LogP contribution < -0.4 is 14.8 Å². The number of hydrogen-bond donors (Lipinski definition) is 1. The van der Waals surface area contributed by atoms with Gasteiger partial charge in [0, 0.05) is 31.1 Å². The number of aryl methyl sites for hydroxylation is 1. The third kappa shape index (κ3) is 4.56. The molecule has 0 aliphatic heterocycles. The molecule has 3 rings (SSSR count). The summed E-state index contributed by atoms with van der Waals surface area (Å²) in [7, 11) is 5.01. The summed E-state index contributed by atoms with van der Waals surface area (Å²) in [6, 6.07) is 11.2. The molecule has 1 N–H and O–H groups in total. The van der Waals surface area contributed by atoms with E-state index < -0.39 is 0 Å². The Kier molecular flexibility index (Phi) is 6.06. The van der Waals surface area contributed by atoms with Crippen LogP contribution in [0, 0.1) is 0 Å². The van der Waals surface area contributed by atoms with Gasteiger partial charge in [0.25, 0.3) is 0 Å². The van der Waals surface area contributed by atoms with Crippen LogP contribution in [0.25, 0.3) is 17.3 Å². The van der Waals surface area contributed by atoms with Crippen molar-refractivity contribution in [2.24, 2.45) is 7.05 Å². The summed E-state index contributed by atoms with van der Waals surface area (Å²) in [5, 5.41) is 7.35. The van der Waals surface area contributed by atoms with Gasteiger partial charge in [0.1, 0.15) is 0 Å². The molecule has 2 aromatic heterocycles. The van der Waals surface area contributed by atoms with E-state index in [2.05, 4.69) is 15.4 Å². The molecule has 0 aliphatic rings. The Bertz CT molecular complexity index is 981. The minimum atomic E-state index is -0.193. The third-order valence-electron chi connectivity index (χ3n) is 4.23. The van der Waals surface area contributed by atoms with Crippen molar-refractivity contribution < 1.29 is 14.3 Å². The number of pyridine rings is 1. The number of rotatable bonds is 7. The highest BCUT2D eigenvalue weighted by Gasteiger charge is 2.08. The second kappa shape index (κ2) is 8.85. The molecule has 0 bridgehead atoms. The zero-order chi connectivity index (χ0) is 19.9. The van der Waals surface area contributed by atoms with E-state index in [4.69, 9.17) is 9.47 Å². The van der Waals surface area contributed by atoms with E-state index in [1.807, 2.05) is 37.4 Å². The molecule has 7 heteroatoms. The van der Waals surface area contributed by atoms with E-state index in [0.717, 1.165) is 22.5 Å². The summed E-state index contributed by atoms with van der Waals surface area (Å²) in [6.07, 6.45) is 6.67. The molecule has 1 aromatic carbocycles. The minimum Gasteiger partial charge on any atom is -0.493 e. The number of hydrogen-bond acceptors (Lipinski definition) is 5. The average molecular weight is 378 g/mol. The molecular weight excluding hydrogens is 356 g/mol. The van der Waals surface area contributed by atoms with Gasteiger partial charge in [-0.25, -0.2) is 0 Å². The molecule has 3 aromatic rings. The molecule has 0 saturated heterocycles. The maximum Gasteiger partial charge on any atom is 0.244 e. The van der Waals surface area contributed by atoms with Crippen molar-refractivity contribution in [2.45, 2.75) is 6.54 Å². The van der Waals surface area contributed by atoms with Crippen LogP contribution >= 0.6 is 0 Å². The van der Waals surface area contributed by atoms with E-state index >= 15 is 0 Å². The Hall–Kier alpha value is -3.61. The number of methoxy groups -OCH3 is 2.